The number of hydrogen-bond donors (Lipinski definition) is 2. The van der Waals surface area contributed by atoms with Gasteiger partial charge in [-0.1, -0.05) is 12.1 Å². The predicted octanol–water partition coefficient (Wildman–Crippen LogP) is 1.06. The van der Waals surface area contributed by atoms with Crippen molar-refractivity contribution in [2.45, 2.75) is 11.3 Å². The summed E-state index contributed by atoms with van der Waals surface area (Å²) in [6.45, 7) is 0.304. The van der Waals surface area contributed by atoms with E-state index in [9.17, 15) is 4.79 Å². The highest BCUT2D eigenvalue weighted by atomic mass is 32.2. The number of rotatable bonds is 5. The van der Waals surface area contributed by atoms with Crippen molar-refractivity contribution in [3.8, 4) is 0 Å². The smallest absolute Gasteiger partial charge is 0.224 e. The predicted molar refractivity (Wildman–Crippen MR) is 62.0 cm³/mol. The van der Waals surface area contributed by atoms with E-state index in [4.69, 9.17) is 5.11 Å². The normalized spacial score (nSPS) is 10.0. The third kappa shape index (κ3) is 4.36. The van der Waals surface area contributed by atoms with Crippen molar-refractivity contribution in [3.05, 3.63) is 29.8 Å². The van der Waals surface area contributed by atoms with Gasteiger partial charge in [-0.15, -0.1) is 11.8 Å². The summed E-state index contributed by atoms with van der Waals surface area (Å²) in [5.41, 5.74) is 0.989. The number of carbonyl (C=O) groups is 1. The van der Waals surface area contributed by atoms with E-state index in [1.54, 1.807) is 11.8 Å². The maximum absolute atomic E-state index is 11.3. The zero-order chi connectivity index (χ0) is 11.1. The number of hydrogen-bond acceptors (Lipinski definition) is 3. The summed E-state index contributed by atoms with van der Waals surface area (Å²) < 4.78 is 0. The van der Waals surface area contributed by atoms with Crippen molar-refractivity contribution < 1.29 is 9.90 Å². The van der Waals surface area contributed by atoms with Crippen LogP contribution in [0.1, 0.15) is 5.56 Å². The Balaban J connectivity index is 2.46. The SMILES string of the molecule is CSc1ccc(CC(=O)NCCO)cc1. The average molecular weight is 225 g/mol. The van der Waals surface area contributed by atoms with Crippen LogP contribution in [0.5, 0.6) is 0 Å². The molecule has 3 nitrogen and oxygen atoms in total. The molecule has 0 radical (unpaired) electrons. The van der Waals surface area contributed by atoms with Crippen LogP contribution >= 0.6 is 11.8 Å². The van der Waals surface area contributed by atoms with Crippen LogP contribution in [0.3, 0.4) is 0 Å². The van der Waals surface area contributed by atoms with E-state index in [0.717, 1.165) is 5.56 Å². The molecule has 0 heterocycles. The van der Waals surface area contributed by atoms with Crippen LogP contribution in [0.15, 0.2) is 29.2 Å². The van der Waals surface area contributed by atoms with E-state index in [2.05, 4.69) is 5.32 Å². The van der Waals surface area contributed by atoms with Gasteiger partial charge in [0.05, 0.1) is 13.0 Å². The molecule has 0 aliphatic rings. The minimum atomic E-state index is -0.0547. The van der Waals surface area contributed by atoms with E-state index in [0.29, 0.717) is 13.0 Å². The fourth-order valence-electron chi connectivity index (χ4n) is 1.19. The lowest BCUT2D eigenvalue weighted by Gasteiger charge is -2.03. The minimum absolute atomic E-state index is 0.0167. The molecular weight excluding hydrogens is 210 g/mol. The number of aliphatic hydroxyl groups is 1. The quantitative estimate of drug-likeness (QED) is 0.737. The molecule has 0 bridgehead atoms. The highest BCUT2D eigenvalue weighted by Crippen LogP contribution is 2.14. The van der Waals surface area contributed by atoms with Crippen molar-refractivity contribution in [1.82, 2.24) is 5.32 Å². The van der Waals surface area contributed by atoms with E-state index >= 15 is 0 Å². The van der Waals surface area contributed by atoms with Crippen molar-refractivity contribution in [3.63, 3.8) is 0 Å². The third-order valence-corrected chi connectivity index (χ3v) is 2.70. The molecule has 1 rings (SSSR count). The largest absolute Gasteiger partial charge is 0.395 e. The zero-order valence-corrected chi connectivity index (χ0v) is 9.51. The Bertz CT molecular complexity index is 311. The second-order valence-electron chi connectivity index (χ2n) is 3.10. The Morgan fingerprint density at radius 3 is 2.60 bits per heavy atom. The number of carbonyl (C=O) groups excluding carboxylic acids is 1. The Hall–Kier alpha value is -1.00. The molecule has 1 aromatic rings. The molecule has 15 heavy (non-hydrogen) atoms. The molecule has 0 aromatic heterocycles. The van der Waals surface area contributed by atoms with Gasteiger partial charge >= 0.3 is 0 Å². The third-order valence-electron chi connectivity index (χ3n) is 1.96. The molecule has 0 aliphatic heterocycles. The van der Waals surface area contributed by atoms with Gasteiger partial charge in [-0.2, -0.15) is 0 Å². The fraction of sp³-hybridized carbons (Fsp3) is 0.364. The molecule has 0 saturated carbocycles. The lowest BCUT2D eigenvalue weighted by atomic mass is 10.1. The van der Waals surface area contributed by atoms with Crippen LogP contribution in [-0.4, -0.2) is 30.4 Å². The van der Waals surface area contributed by atoms with E-state index in [1.165, 1.54) is 4.90 Å². The van der Waals surface area contributed by atoms with E-state index < -0.39 is 0 Å². The van der Waals surface area contributed by atoms with Gasteiger partial charge in [0.2, 0.25) is 5.91 Å². The van der Waals surface area contributed by atoms with Gasteiger partial charge in [-0.25, -0.2) is 0 Å². The van der Waals surface area contributed by atoms with E-state index in [-0.39, 0.29) is 12.5 Å². The topological polar surface area (TPSA) is 49.3 Å². The number of benzene rings is 1. The summed E-state index contributed by atoms with van der Waals surface area (Å²) in [6.07, 6.45) is 2.39. The summed E-state index contributed by atoms with van der Waals surface area (Å²) in [7, 11) is 0. The Morgan fingerprint density at radius 2 is 2.07 bits per heavy atom. The first kappa shape index (κ1) is 12.1. The summed E-state index contributed by atoms with van der Waals surface area (Å²) in [5.74, 6) is -0.0547. The fourth-order valence-corrected chi connectivity index (χ4v) is 1.59. The van der Waals surface area contributed by atoms with Crippen molar-refractivity contribution in [1.29, 1.82) is 0 Å². The number of nitrogens with one attached hydrogen (secondary N) is 1. The average Bonchev–Trinajstić information content (AvgIpc) is 2.27. The second-order valence-corrected chi connectivity index (χ2v) is 3.98. The van der Waals surface area contributed by atoms with Gasteiger partial charge in [-0.05, 0) is 24.0 Å². The lowest BCUT2D eigenvalue weighted by molar-refractivity contribution is -0.120. The van der Waals surface area contributed by atoms with Crippen LogP contribution in [0.25, 0.3) is 0 Å². The lowest BCUT2D eigenvalue weighted by Crippen LogP contribution is -2.27. The first-order chi connectivity index (χ1) is 7.26. The molecule has 0 fully saturated rings. The highest BCUT2D eigenvalue weighted by Gasteiger charge is 2.01. The van der Waals surface area contributed by atoms with Gasteiger partial charge in [0.25, 0.3) is 0 Å². The molecule has 82 valence electrons. The minimum Gasteiger partial charge on any atom is -0.395 e. The number of amides is 1. The molecule has 0 saturated heterocycles. The Morgan fingerprint density at radius 1 is 1.40 bits per heavy atom. The molecule has 0 atom stereocenters. The van der Waals surface area contributed by atoms with Crippen molar-refractivity contribution in [2.75, 3.05) is 19.4 Å². The maximum Gasteiger partial charge on any atom is 0.224 e. The van der Waals surface area contributed by atoms with Crippen LogP contribution < -0.4 is 5.32 Å². The summed E-state index contributed by atoms with van der Waals surface area (Å²) in [6, 6.07) is 7.90. The molecule has 0 unspecified atom stereocenters. The molecule has 1 amide bonds. The highest BCUT2D eigenvalue weighted by molar-refractivity contribution is 7.98. The summed E-state index contributed by atoms with van der Waals surface area (Å²) in [4.78, 5) is 12.5. The molecule has 4 heteroatoms. The Kier molecular flexibility index (Phi) is 5.21. The number of thioether (sulfide) groups is 1. The van der Waals surface area contributed by atoms with Gasteiger partial charge in [0.15, 0.2) is 0 Å². The van der Waals surface area contributed by atoms with Crippen LogP contribution in [0.2, 0.25) is 0 Å². The molecule has 1 aromatic carbocycles. The second kappa shape index (κ2) is 6.48. The summed E-state index contributed by atoms with van der Waals surface area (Å²) in [5, 5.41) is 11.1. The van der Waals surface area contributed by atoms with Gasteiger partial charge < -0.3 is 10.4 Å². The summed E-state index contributed by atoms with van der Waals surface area (Å²) >= 11 is 1.68. The molecule has 0 aliphatic carbocycles. The first-order valence-electron chi connectivity index (χ1n) is 4.76. The van der Waals surface area contributed by atoms with Gasteiger partial charge in [0, 0.05) is 11.4 Å². The van der Waals surface area contributed by atoms with Crippen LogP contribution in [-0.2, 0) is 11.2 Å². The van der Waals surface area contributed by atoms with Gasteiger partial charge in [-0.3, -0.25) is 4.79 Å². The van der Waals surface area contributed by atoms with E-state index in [1.807, 2.05) is 30.5 Å². The Labute approximate surface area is 93.9 Å². The van der Waals surface area contributed by atoms with Crippen molar-refractivity contribution >= 4 is 17.7 Å². The van der Waals surface area contributed by atoms with Crippen molar-refractivity contribution in [2.24, 2.45) is 0 Å². The monoisotopic (exact) mass is 225 g/mol. The molecule has 0 spiro atoms. The standard InChI is InChI=1S/C11H15NO2S/c1-15-10-4-2-9(3-5-10)8-11(14)12-6-7-13/h2-5,13H,6-8H2,1H3,(H,12,14). The maximum atomic E-state index is 11.3. The van der Waals surface area contributed by atoms with Crippen LogP contribution in [0, 0.1) is 0 Å². The zero-order valence-electron chi connectivity index (χ0n) is 8.69. The number of aliphatic hydroxyl groups excluding tert-OH is 1. The van der Waals surface area contributed by atoms with Gasteiger partial charge in [0.1, 0.15) is 0 Å². The molecular formula is C11H15NO2S. The first-order valence-corrected chi connectivity index (χ1v) is 5.99. The van der Waals surface area contributed by atoms with Crippen LogP contribution in [0.4, 0.5) is 0 Å². The molecule has 2 N–H and O–H groups in total.